The number of carbonyl (C=O) groups is 1. The van der Waals surface area contributed by atoms with Gasteiger partial charge in [-0.3, -0.25) is 4.79 Å². The smallest absolute Gasteiger partial charge is 0.298 e. The quantitative estimate of drug-likeness (QED) is 0.417. The summed E-state index contributed by atoms with van der Waals surface area (Å²) < 4.78 is 40.5. The van der Waals surface area contributed by atoms with Crippen molar-refractivity contribution in [1.29, 1.82) is 0 Å². The van der Waals surface area contributed by atoms with Crippen LogP contribution in [0.2, 0.25) is 0 Å². The number of alkyl halides is 3. The first-order valence-corrected chi connectivity index (χ1v) is 8.92. The van der Waals surface area contributed by atoms with Crippen molar-refractivity contribution in [2.24, 2.45) is 0 Å². The summed E-state index contributed by atoms with van der Waals surface area (Å²) in [6.07, 6.45) is -3.43. The summed E-state index contributed by atoms with van der Waals surface area (Å²) in [6, 6.07) is 20.2. The summed E-state index contributed by atoms with van der Waals surface area (Å²) >= 11 is 0. The zero-order valence-corrected chi connectivity index (χ0v) is 15.1. The van der Waals surface area contributed by atoms with Gasteiger partial charge in [-0.05, 0) is 23.3 Å². The van der Waals surface area contributed by atoms with Crippen molar-refractivity contribution in [3.05, 3.63) is 95.2 Å². The number of nitrogens with zero attached hydrogens (tertiary/aromatic N) is 2. The van der Waals surface area contributed by atoms with Crippen LogP contribution in [0.15, 0.2) is 72.8 Å². The van der Waals surface area contributed by atoms with Crippen LogP contribution in [0.1, 0.15) is 27.2 Å². The number of hydrogen-bond acceptors (Lipinski definition) is 3. The Morgan fingerprint density at radius 2 is 1.62 bits per heavy atom. The fourth-order valence-electron chi connectivity index (χ4n) is 3.40. The van der Waals surface area contributed by atoms with Crippen LogP contribution < -0.4 is 0 Å². The largest absolute Gasteiger partial charge is 0.418 e. The van der Waals surface area contributed by atoms with Crippen LogP contribution in [0.25, 0.3) is 22.0 Å². The minimum absolute atomic E-state index is 0.205. The fourth-order valence-corrected chi connectivity index (χ4v) is 3.40. The first-order chi connectivity index (χ1) is 14.0. The molecular weight excluding hydrogens is 377 g/mol. The van der Waals surface area contributed by atoms with E-state index in [1.165, 1.54) is 6.07 Å². The van der Waals surface area contributed by atoms with Crippen molar-refractivity contribution >= 4 is 17.2 Å². The standard InChI is InChI=1S/C23H15F3N2O/c24-23(25,26)19-11-5-10-18-21(17-9-4-8-16(12-17)14-29)20(27-28-22(18)19)13-15-6-2-1-3-7-15/h1-12,14H,13H2. The van der Waals surface area contributed by atoms with Gasteiger partial charge < -0.3 is 0 Å². The summed E-state index contributed by atoms with van der Waals surface area (Å²) in [5.41, 5.74) is 2.08. The summed E-state index contributed by atoms with van der Waals surface area (Å²) in [6.45, 7) is 0. The average Bonchev–Trinajstić information content (AvgIpc) is 2.73. The number of hydrogen-bond donors (Lipinski definition) is 0. The molecule has 0 saturated carbocycles. The van der Waals surface area contributed by atoms with Crippen LogP contribution in [-0.4, -0.2) is 16.5 Å². The van der Waals surface area contributed by atoms with E-state index in [0.717, 1.165) is 11.6 Å². The minimum atomic E-state index is -4.54. The van der Waals surface area contributed by atoms with E-state index in [0.29, 0.717) is 40.5 Å². The zero-order chi connectivity index (χ0) is 20.4. The Labute approximate surface area is 164 Å². The van der Waals surface area contributed by atoms with E-state index in [9.17, 15) is 18.0 Å². The molecule has 6 heteroatoms. The van der Waals surface area contributed by atoms with Crippen molar-refractivity contribution in [2.45, 2.75) is 12.6 Å². The molecule has 0 saturated heterocycles. The Hall–Kier alpha value is -3.54. The SMILES string of the molecule is O=Cc1cccc(-c2c(Cc3ccccc3)nnc3c(C(F)(F)F)cccc23)c1. The molecule has 4 rings (SSSR count). The van der Waals surface area contributed by atoms with Crippen LogP contribution >= 0.6 is 0 Å². The molecule has 0 amide bonds. The van der Waals surface area contributed by atoms with Gasteiger partial charge in [0.1, 0.15) is 11.8 Å². The maximum Gasteiger partial charge on any atom is 0.418 e. The molecule has 3 aromatic carbocycles. The summed E-state index contributed by atoms with van der Waals surface area (Å²) in [5.74, 6) is 0. The molecular formula is C23H15F3N2O. The van der Waals surface area contributed by atoms with Crippen LogP contribution in [0.4, 0.5) is 13.2 Å². The third-order valence-electron chi connectivity index (χ3n) is 4.70. The predicted octanol–water partition coefficient (Wildman–Crippen LogP) is 5.72. The molecule has 0 bridgehead atoms. The molecule has 0 aliphatic rings. The Bertz CT molecular complexity index is 1190. The Morgan fingerprint density at radius 3 is 2.34 bits per heavy atom. The van der Waals surface area contributed by atoms with Crippen molar-refractivity contribution in [3.8, 4) is 11.1 Å². The van der Waals surface area contributed by atoms with E-state index in [-0.39, 0.29) is 5.52 Å². The number of benzene rings is 3. The molecule has 3 nitrogen and oxygen atoms in total. The highest BCUT2D eigenvalue weighted by Crippen LogP contribution is 2.38. The highest BCUT2D eigenvalue weighted by Gasteiger charge is 2.34. The predicted molar refractivity (Wildman–Crippen MR) is 105 cm³/mol. The fraction of sp³-hybridized carbons (Fsp3) is 0.0870. The first kappa shape index (κ1) is 18.8. The first-order valence-electron chi connectivity index (χ1n) is 8.92. The molecule has 4 aromatic rings. The van der Waals surface area contributed by atoms with Gasteiger partial charge in [-0.15, -0.1) is 5.10 Å². The topological polar surface area (TPSA) is 42.9 Å². The van der Waals surface area contributed by atoms with Crippen LogP contribution in [-0.2, 0) is 12.6 Å². The van der Waals surface area contributed by atoms with E-state index in [1.54, 1.807) is 30.3 Å². The highest BCUT2D eigenvalue weighted by molar-refractivity contribution is 5.97. The summed E-state index contributed by atoms with van der Waals surface area (Å²) in [7, 11) is 0. The second-order valence-electron chi connectivity index (χ2n) is 6.63. The average molecular weight is 392 g/mol. The second kappa shape index (κ2) is 7.47. The molecule has 0 aliphatic carbocycles. The van der Waals surface area contributed by atoms with Gasteiger partial charge in [0.05, 0.1) is 11.3 Å². The van der Waals surface area contributed by atoms with E-state index in [2.05, 4.69) is 10.2 Å². The molecule has 0 radical (unpaired) electrons. The minimum Gasteiger partial charge on any atom is -0.298 e. The Balaban J connectivity index is 2.01. The second-order valence-corrected chi connectivity index (χ2v) is 6.63. The monoisotopic (exact) mass is 392 g/mol. The molecule has 0 aliphatic heterocycles. The zero-order valence-electron chi connectivity index (χ0n) is 15.1. The number of aldehydes is 1. The summed E-state index contributed by atoms with van der Waals surface area (Å²) in [5, 5.41) is 8.45. The van der Waals surface area contributed by atoms with Crippen molar-refractivity contribution < 1.29 is 18.0 Å². The van der Waals surface area contributed by atoms with Gasteiger partial charge in [0.2, 0.25) is 0 Å². The molecule has 1 heterocycles. The van der Waals surface area contributed by atoms with Crippen molar-refractivity contribution in [3.63, 3.8) is 0 Å². The van der Waals surface area contributed by atoms with Gasteiger partial charge in [-0.2, -0.15) is 18.3 Å². The molecule has 0 atom stereocenters. The lowest BCUT2D eigenvalue weighted by Crippen LogP contribution is -2.09. The molecule has 0 unspecified atom stereocenters. The molecule has 0 spiro atoms. The number of halogens is 3. The number of fused-ring (bicyclic) bond motifs is 1. The lowest BCUT2D eigenvalue weighted by molar-refractivity contribution is -0.136. The van der Waals surface area contributed by atoms with E-state index in [1.807, 2.05) is 30.3 Å². The van der Waals surface area contributed by atoms with Gasteiger partial charge >= 0.3 is 6.18 Å². The third kappa shape index (κ3) is 3.74. The molecule has 0 N–H and O–H groups in total. The van der Waals surface area contributed by atoms with Crippen LogP contribution in [0, 0.1) is 0 Å². The van der Waals surface area contributed by atoms with Gasteiger partial charge in [-0.1, -0.05) is 60.7 Å². The van der Waals surface area contributed by atoms with Crippen molar-refractivity contribution in [1.82, 2.24) is 10.2 Å². The lowest BCUT2D eigenvalue weighted by atomic mass is 9.94. The Morgan fingerprint density at radius 1 is 0.862 bits per heavy atom. The molecule has 0 fully saturated rings. The maximum atomic E-state index is 13.5. The maximum absolute atomic E-state index is 13.5. The van der Waals surface area contributed by atoms with E-state index in [4.69, 9.17) is 0 Å². The summed E-state index contributed by atoms with van der Waals surface area (Å²) in [4.78, 5) is 11.2. The Kier molecular flexibility index (Phi) is 4.84. The van der Waals surface area contributed by atoms with E-state index >= 15 is 0 Å². The number of carbonyl (C=O) groups excluding carboxylic acids is 1. The van der Waals surface area contributed by atoms with Crippen LogP contribution in [0.3, 0.4) is 0 Å². The van der Waals surface area contributed by atoms with Crippen LogP contribution in [0.5, 0.6) is 0 Å². The van der Waals surface area contributed by atoms with Gasteiger partial charge in [0.15, 0.2) is 0 Å². The number of aromatic nitrogens is 2. The third-order valence-corrected chi connectivity index (χ3v) is 4.70. The van der Waals surface area contributed by atoms with Crippen molar-refractivity contribution in [2.75, 3.05) is 0 Å². The van der Waals surface area contributed by atoms with Gasteiger partial charge in [0.25, 0.3) is 0 Å². The van der Waals surface area contributed by atoms with Gasteiger partial charge in [0, 0.05) is 22.9 Å². The highest BCUT2D eigenvalue weighted by atomic mass is 19.4. The molecule has 29 heavy (non-hydrogen) atoms. The van der Waals surface area contributed by atoms with E-state index < -0.39 is 11.7 Å². The molecule has 1 aromatic heterocycles. The number of rotatable bonds is 4. The lowest BCUT2D eigenvalue weighted by Gasteiger charge is -2.15. The normalized spacial score (nSPS) is 11.6. The van der Waals surface area contributed by atoms with Gasteiger partial charge in [-0.25, -0.2) is 0 Å². The molecule has 144 valence electrons.